The zero-order valence-corrected chi connectivity index (χ0v) is 9.06. The molecule has 0 saturated heterocycles. The van der Waals surface area contributed by atoms with Crippen LogP contribution in [0.1, 0.15) is 20.8 Å². The lowest BCUT2D eigenvalue weighted by Gasteiger charge is -2.18. The second kappa shape index (κ2) is 6.79. The summed E-state index contributed by atoms with van der Waals surface area (Å²) in [5, 5.41) is 10.4. The Labute approximate surface area is 83.4 Å². The maximum absolute atomic E-state index is 10.6. The predicted molar refractivity (Wildman–Crippen MR) is 53.0 cm³/mol. The van der Waals surface area contributed by atoms with Gasteiger partial charge in [0.25, 0.3) is 0 Å². The van der Waals surface area contributed by atoms with Gasteiger partial charge in [0, 0.05) is 18.6 Å². The maximum Gasteiger partial charge on any atom is 0.302 e. The van der Waals surface area contributed by atoms with Crippen LogP contribution >= 0.6 is 11.8 Å². The molecule has 0 radical (unpaired) electrons. The largest absolute Gasteiger partial charge is 0.466 e. The summed E-state index contributed by atoms with van der Waals surface area (Å²) in [5.74, 6) is 1.17. The average molecular weight is 201 g/mol. The van der Waals surface area contributed by atoms with Crippen LogP contribution < -0.4 is 0 Å². The second-order valence-corrected chi connectivity index (χ2v) is 4.01. The van der Waals surface area contributed by atoms with Crippen molar-refractivity contribution in [2.75, 3.05) is 12.4 Å². The summed E-state index contributed by atoms with van der Waals surface area (Å²) in [4.78, 5) is 10.6. The van der Waals surface area contributed by atoms with Gasteiger partial charge in [-0.05, 0) is 17.7 Å². The fraction of sp³-hybridized carbons (Fsp3) is 0.778. The molecule has 3 nitrogen and oxygen atoms in total. The maximum atomic E-state index is 10.6. The average Bonchev–Trinajstić information content (AvgIpc) is 2.03. The summed E-state index contributed by atoms with van der Waals surface area (Å²) < 4.78 is 4.90. The summed E-state index contributed by atoms with van der Waals surface area (Å²) in [6.07, 6.45) is 0. The number of carbonyl (C=O) groups is 1. The Hall–Kier alpha value is -0.690. The number of nitrogens with zero attached hydrogens (tertiary/aromatic N) is 1. The lowest BCUT2D eigenvalue weighted by Crippen LogP contribution is -2.19. The highest BCUT2D eigenvalue weighted by atomic mass is 32.2. The molecule has 74 valence electrons. The summed E-state index contributed by atoms with van der Waals surface area (Å²) in [6, 6.07) is 0. The Morgan fingerprint density at radius 2 is 2.23 bits per heavy atom. The van der Waals surface area contributed by atoms with Crippen LogP contribution in [0.25, 0.3) is 0 Å². The first-order valence-corrected chi connectivity index (χ1v) is 5.20. The predicted octanol–water partition coefficient (Wildman–Crippen LogP) is 2.04. The molecule has 1 atom stereocenters. The molecular formula is C9H15NO2S. The number of carbonyl (C=O) groups excluding carboxylic acids is 1. The fourth-order valence-electron chi connectivity index (χ4n) is 0.802. The summed E-state index contributed by atoms with van der Waals surface area (Å²) in [7, 11) is 0. The lowest BCUT2D eigenvalue weighted by atomic mass is 9.99. The molecule has 0 rings (SSSR count). The van der Waals surface area contributed by atoms with Crippen molar-refractivity contribution in [1.82, 2.24) is 0 Å². The lowest BCUT2D eigenvalue weighted by molar-refractivity contribution is -0.142. The quantitative estimate of drug-likeness (QED) is 0.504. The minimum Gasteiger partial charge on any atom is -0.466 e. The number of thiocyanates is 1. The van der Waals surface area contributed by atoms with Gasteiger partial charge < -0.3 is 4.74 Å². The van der Waals surface area contributed by atoms with Crippen LogP contribution in [0.4, 0.5) is 0 Å². The van der Waals surface area contributed by atoms with Crippen molar-refractivity contribution >= 4 is 17.7 Å². The molecule has 0 aromatic rings. The zero-order valence-electron chi connectivity index (χ0n) is 8.24. The smallest absolute Gasteiger partial charge is 0.302 e. The van der Waals surface area contributed by atoms with Crippen LogP contribution in [0, 0.1) is 22.5 Å². The van der Waals surface area contributed by atoms with Crippen molar-refractivity contribution in [2.45, 2.75) is 20.8 Å². The van der Waals surface area contributed by atoms with E-state index in [0.717, 1.165) is 5.75 Å². The monoisotopic (exact) mass is 201 g/mol. The third kappa shape index (κ3) is 6.47. The standard InChI is InChI=1S/C9H15NO2S/c1-7(2)9(5-13-6-10)4-12-8(3)11/h7,9H,4-5H2,1-3H3. The highest BCUT2D eigenvalue weighted by Crippen LogP contribution is 2.16. The summed E-state index contributed by atoms with van der Waals surface area (Å²) >= 11 is 1.21. The highest BCUT2D eigenvalue weighted by molar-refractivity contribution is 8.03. The van der Waals surface area contributed by atoms with Gasteiger partial charge in [-0.2, -0.15) is 5.26 Å². The van der Waals surface area contributed by atoms with E-state index in [2.05, 4.69) is 13.8 Å². The molecule has 1 unspecified atom stereocenters. The molecular weight excluding hydrogens is 186 g/mol. The van der Waals surface area contributed by atoms with Crippen molar-refractivity contribution in [3.05, 3.63) is 0 Å². The van der Waals surface area contributed by atoms with Crippen LogP contribution in [0.15, 0.2) is 0 Å². The Bertz CT molecular complexity index is 198. The first-order valence-electron chi connectivity index (χ1n) is 4.22. The van der Waals surface area contributed by atoms with E-state index in [1.807, 2.05) is 5.40 Å². The molecule has 4 heteroatoms. The Morgan fingerprint density at radius 3 is 2.62 bits per heavy atom. The van der Waals surface area contributed by atoms with E-state index in [-0.39, 0.29) is 11.9 Å². The van der Waals surface area contributed by atoms with Crippen LogP contribution in [-0.4, -0.2) is 18.3 Å². The Kier molecular flexibility index (Phi) is 6.43. The van der Waals surface area contributed by atoms with Gasteiger partial charge in [0.15, 0.2) is 0 Å². The van der Waals surface area contributed by atoms with Crippen molar-refractivity contribution in [3.63, 3.8) is 0 Å². The number of rotatable bonds is 5. The molecule has 0 heterocycles. The minimum atomic E-state index is -0.257. The molecule has 13 heavy (non-hydrogen) atoms. The number of nitriles is 1. The number of hydrogen-bond acceptors (Lipinski definition) is 4. The van der Waals surface area contributed by atoms with Crippen molar-refractivity contribution in [3.8, 4) is 5.40 Å². The third-order valence-electron chi connectivity index (χ3n) is 1.81. The summed E-state index contributed by atoms with van der Waals surface area (Å²) in [6.45, 7) is 5.94. The molecule has 0 aromatic heterocycles. The van der Waals surface area contributed by atoms with E-state index in [1.54, 1.807) is 0 Å². The van der Waals surface area contributed by atoms with Gasteiger partial charge in [-0.25, -0.2) is 0 Å². The molecule has 0 amide bonds. The molecule has 0 spiro atoms. The number of esters is 1. The van der Waals surface area contributed by atoms with Crippen LogP contribution in [0.5, 0.6) is 0 Å². The van der Waals surface area contributed by atoms with Gasteiger partial charge in [0.1, 0.15) is 5.40 Å². The molecule has 0 saturated carbocycles. The zero-order chi connectivity index (χ0) is 10.3. The highest BCUT2D eigenvalue weighted by Gasteiger charge is 2.14. The minimum absolute atomic E-state index is 0.257. The fourth-order valence-corrected chi connectivity index (χ4v) is 1.57. The number of thioether (sulfide) groups is 1. The van der Waals surface area contributed by atoms with E-state index in [9.17, 15) is 4.79 Å². The van der Waals surface area contributed by atoms with E-state index < -0.39 is 0 Å². The van der Waals surface area contributed by atoms with Crippen LogP contribution in [0.2, 0.25) is 0 Å². The number of hydrogen-bond donors (Lipinski definition) is 0. The van der Waals surface area contributed by atoms with Gasteiger partial charge in [0.05, 0.1) is 6.61 Å². The van der Waals surface area contributed by atoms with E-state index in [1.165, 1.54) is 18.7 Å². The van der Waals surface area contributed by atoms with Crippen molar-refractivity contribution < 1.29 is 9.53 Å². The van der Waals surface area contributed by atoms with Gasteiger partial charge in [-0.15, -0.1) is 0 Å². The van der Waals surface area contributed by atoms with E-state index in [4.69, 9.17) is 10.00 Å². The van der Waals surface area contributed by atoms with Crippen LogP contribution in [-0.2, 0) is 9.53 Å². The van der Waals surface area contributed by atoms with Crippen LogP contribution in [0.3, 0.4) is 0 Å². The third-order valence-corrected chi connectivity index (χ3v) is 2.53. The van der Waals surface area contributed by atoms with Gasteiger partial charge in [-0.3, -0.25) is 4.79 Å². The summed E-state index contributed by atoms with van der Waals surface area (Å²) in [5.41, 5.74) is 0. The van der Waals surface area contributed by atoms with Gasteiger partial charge in [0.2, 0.25) is 0 Å². The van der Waals surface area contributed by atoms with E-state index in [0.29, 0.717) is 12.5 Å². The topological polar surface area (TPSA) is 50.1 Å². The van der Waals surface area contributed by atoms with Gasteiger partial charge in [-0.1, -0.05) is 13.8 Å². The van der Waals surface area contributed by atoms with Gasteiger partial charge >= 0.3 is 5.97 Å². The SMILES string of the molecule is CC(=O)OCC(CSC#N)C(C)C. The molecule has 0 fully saturated rings. The first-order chi connectivity index (χ1) is 6.07. The molecule has 0 aromatic carbocycles. The molecule has 0 bridgehead atoms. The normalized spacial score (nSPS) is 12.2. The molecule has 0 N–H and O–H groups in total. The van der Waals surface area contributed by atoms with E-state index >= 15 is 0 Å². The van der Waals surface area contributed by atoms with Crippen molar-refractivity contribution in [1.29, 1.82) is 5.26 Å². The first kappa shape index (κ1) is 12.3. The second-order valence-electron chi connectivity index (χ2n) is 3.21. The Morgan fingerprint density at radius 1 is 1.62 bits per heavy atom. The van der Waals surface area contributed by atoms with Crippen molar-refractivity contribution in [2.24, 2.45) is 11.8 Å². The number of ether oxygens (including phenoxy) is 1. The Balaban J connectivity index is 3.81. The molecule has 0 aliphatic heterocycles. The molecule has 0 aliphatic rings. The molecule has 0 aliphatic carbocycles.